The summed E-state index contributed by atoms with van der Waals surface area (Å²) in [5, 5.41) is 4.11. The standard InChI is InChI=1S/C18H19ClN2O3/c19-16-9-7-12-10-13(6-8-15(12)21-16)18(23)24-11-17(22)20-14-4-2-1-3-5-14/h6-10,14H,1-5,11H2,(H,20,22). The molecule has 1 aromatic carbocycles. The van der Waals surface area contributed by atoms with Gasteiger partial charge in [-0.05, 0) is 43.2 Å². The van der Waals surface area contributed by atoms with Crippen molar-refractivity contribution in [1.29, 1.82) is 0 Å². The fourth-order valence-electron chi connectivity index (χ4n) is 2.96. The molecule has 0 unspecified atom stereocenters. The molecule has 6 heteroatoms. The third-order valence-electron chi connectivity index (χ3n) is 4.20. The van der Waals surface area contributed by atoms with Crippen molar-refractivity contribution in [3.8, 4) is 0 Å². The van der Waals surface area contributed by atoms with Crippen molar-refractivity contribution >= 4 is 34.4 Å². The summed E-state index contributed by atoms with van der Waals surface area (Å²) in [5.41, 5.74) is 1.09. The van der Waals surface area contributed by atoms with Gasteiger partial charge in [-0.2, -0.15) is 0 Å². The Morgan fingerprint density at radius 1 is 1.17 bits per heavy atom. The zero-order chi connectivity index (χ0) is 16.9. The summed E-state index contributed by atoms with van der Waals surface area (Å²) in [6, 6.07) is 8.67. The van der Waals surface area contributed by atoms with Gasteiger partial charge in [-0.3, -0.25) is 4.79 Å². The average Bonchev–Trinajstić information content (AvgIpc) is 2.60. The SMILES string of the molecule is O=C(COC(=O)c1ccc2nc(Cl)ccc2c1)NC1CCCCC1. The summed E-state index contributed by atoms with van der Waals surface area (Å²) in [6.07, 6.45) is 5.50. The zero-order valence-corrected chi connectivity index (χ0v) is 14.0. The van der Waals surface area contributed by atoms with Crippen LogP contribution in [0.1, 0.15) is 42.5 Å². The number of benzene rings is 1. The van der Waals surface area contributed by atoms with Crippen LogP contribution in [0.15, 0.2) is 30.3 Å². The number of carbonyl (C=O) groups is 2. The van der Waals surface area contributed by atoms with E-state index in [4.69, 9.17) is 16.3 Å². The maximum Gasteiger partial charge on any atom is 0.338 e. The lowest BCUT2D eigenvalue weighted by atomic mass is 9.95. The third kappa shape index (κ3) is 4.23. The molecule has 1 aliphatic rings. The van der Waals surface area contributed by atoms with Crippen LogP contribution in [0.4, 0.5) is 0 Å². The highest BCUT2D eigenvalue weighted by Gasteiger charge is 2.17. The van der Waals surface area contributed by atoms with Crippen LogP contribution in [-0.2, 0) is 9.53 Å². The molecule has 1 fully saturated rings. The number of esters is 1. The minimum absolute atomic E-state index is 0.210. The van der Waals surface area contributed by atoms with Crippen molar-refractivity contribution in [3.63, 3.8) is 0 Å². The van der Waals surface area contributed by atoms with Gasteiger partial charge in [0.15, 0.2) is 6.61 Å². The fraction of sp³-hybridized carbons (Fsp3) is 0.389. The van der Waals surface area contributed by atoms with Gasteiger partial charge in [-0.15, -0.1) is 0 Å². The van der Waals surface area contributed by atoms with E-state index in [1.165, 1.54) is 6.42 Å². The molecule has 1 aliphatic carbocycles. The number of nitrogens with one attached hydrogen (secondary N) is 1. The van der Waals surface area contributed by atoms with Crippen molar-refractivity contribution in [2.24, 2.45) is 0 Å². The quantitative estimate of drug-likeness (QED) is 0.679. The molecule has 0 saturated heterocycles. The minimum atomic E-state index is -0.523. The van der Waals surface area contributed by atoms with Crippen LogP contribution in [0, 0.1) is 0 Å². The molecule has 1 aromatic heterocycles. The molecule has 1 saturated carbocycles. The lowest BCUT2D eigenvalue weighted by molar-refractivity contribution is -0.125. The number of carbonyl (C=O) groups excluding carboxylic acids is 2. The van der Waals surface area contributed by atoms with Crippen molar-refractivity contribution in [1.82, 2.24) is 10.3 Å². The number of hydrogen-bond acceptors (Lipinski definition) is 4. The lowest BCUT2D eigenvalue weighted by Crippen LogP contribution is -2.38. The smallest absolute Gasteiger partial charge is 0.338 e. The molecule has 0 atom stereocenters. The Balaban J connectivity index is 1.56. The zero-order valence-electron chi connectivity index (χ0n) is 13.3. The van der Waals surface area contributed by atoms with Gasteiger partial charge in [-0.25, -0.2) is 9.78 Å². The number of amides is 1. The molecule has 0 aliphatic heterocycles. The molecule has 24 heavy (non-hydrogen) atoms. The van der Waals surface area contributed by atoms with Gasteiger partial charge < -0.3 is 10.1 Å². The van der Waals surface area contributed by atoms with Crippen LogP contribution in [-0.4, -0.2) is 29.5 Å². The predicted molar refractivity (Wildman–Crippen MR) is 92.1 cm³/mol. The topological polar surface area (TPSA) is 68.3 Å². The van der Waals surface area contributed by atoms with Crippen molar-refractivity contribution < 1.29 is 14.3 Å². The highest BCUT2D eigenvalue weighted by molar-refractivity contribution is 6.29. The van der Waals surface area contributed by atoms with Crippen LogP contribution in [0.5, 0.6) is 0 Å². The summed E-state index contributed by atoms with van der Waals surface area (Å²) in [5.74, 6) is -0.768. The second-order valence-corrected chi connectivity index (χ2v) is 6.41. The van der Waals surface area contributed by atoms with E-state index in [1.807, 2.05) is 0 Å². The van der Waals surface area contributed by atoms with Gasteiger partial charge in [0, 0.05) is 11.4 Å². The average molecular weight is 347 g/mol. The summed E-state index contributed by atoms with van der Waals surface area (Å²) in [7, 11) is 0. The van der Waals surface area contributed by atoms with Crippen LogP contribution in [0.2, 0.25) is 5.15 Å². The maximum atomic E-state index is 12.1. The first kappa shape index (κ1) is 16.7. The largest absolute Gasteiger partial charge is 0.452 e. The molecule has 2 aromatic rings. The first-order valence-corrected chi connectivity index (χ1v) is 8.52. The van der Waals surface area contributed by atoms with E-state index in [2.05, 4.69) is 10.3 Å². The number of ether oxygens (including phenoxy) is 1. The highest BCUT2D eigenvalue weighted by atomic mass is 35.5. The lowest BCUT2D eigenvalue weighted by Gasteiger charge is -2.22. The van der Waals surface area contributed by atoms with Gasteiger partial charge in [0.25, 0.3) is 5.91 Å². The number of rotatable bonds is 4. The van der Waals surface area contributed by atoms with Crippen LogP contribution < -0.4 is 5.32 Å². The molecule has 3 rings (SSSR count). The van der Waals surface area contributed by atoms with Gasteiger partial charge >= 0.3 is 5.97 Å². The second kappa shape index (κ2) is 7.62. The number of pyridine rings is 1. The van der Waals surface area contributed by atoms with Crippen molar-refractivity contribution in [2.45, 2.75) is 38.1 Å². The Morgan fingerprint density at radius 2 is 1.96 bits per heavy atom. The molecule has 1 heterocycles. The Morgan fingerprint density at radius 3 is 2.75 bits per heavy atom. The van der Waals surface area contributed by atoms with Gasteiger partial charge in [0.2, 0.25) is 0 Å². The fourth-order valence-corrected chi connectivity index (χ4v) is 3.11. The number of hydrogen-bond donors (Lipinski definition) is 1. The molecule has 0 radical (unpaired) electrons. The molecular weight excluding hydrogens is 328 g/mol. The summed E-state index contributed by atoms with van der Waals surface area (Å²) >= 11 is 5.84. The molecule has 1 amide bonds. The Labute approximate surface area is 145 Å². The summed E-state index contributed by atoms with van der Waals surface area (Å²) in [4.78, 5) is 28.2. The minimum Gasteiger partial charge on any atom is -0.452 e. The number of nitrogens with zero attached hydrogens (tertiary/aromatic N) is 1. The summed E-state index contributed by atoms with van der Waals surface area (Å²) in [6.45, 7) is -0.258. The maximum absolute atomic E-state index is 12.1. The van der Waals surface area contributed by atoms with E-state index in [-0.39, 0.29) is 18.6 Å². The van der Waals surface area contributed by atoms with E-state index >= 15 is 0 Å². The number of aromatic nitrogens is 1. The Bertz CT molecular complexity index is 757. The van der Waals surface area contributed by atoms with Crippen molar-refractivity contribution in [3.05, 3.63) is 41.0 Å². The second-order valence-electron chi connectivity index (χ2n) is 6.02. The van der Waals surface area contributed by atoms with Crippen LogP contribution in [0.3, 0.4) is 0 Å². The highest BCUT2D eigenvalue weighted by Crippen LogP contribution is 2.18. The van der Waals surface area contributed by atoms with Crippen molar-refractivity contribution in [2.75, 3.05) is 6.61 Å². The monoisotopic (exact) mass is 346 g/mol. The molecule has 126 valence electrons. The molecule has 1 N–H and O–H groups in total. The Hall–Kier alpha value is -2.14. The molecule has 5 nitrogen and oxygen atoms in total. The van der Waals surface area contributed by atoms with E-state index in [9.17, 15) is 9.59 Å². The van der Waals surface area contributed by atoms with Gasteiger partial charge in [0.05, 0.1) is 11.1 Å². The first-order chi connectivity index (χ1) is 11.6. The molecule has 0 spiro atoms. The van der Waals surface area contributed by atoms with E-state index in [0.717, 1.165) is 31.1 Å². The normalized spacial score (nSPS) is 15.2. The third-order valence-corrected chi connectivity index (χ3v) is 4.41. The first-order valence-electron chi connectivity index (χ1n) is 8.14. The molecular formula is C18H19ClN2O3. The van der Waals surface area contributed by atoms with E-state index in [0.29, 0.717) is 16.2 Å². The number of fused-ring (bicyclic) bond motifs is 1. The van der Waals surface area contributed by atoms with Gasteiger partial charge in [-0.1, -0.05) is 30.9 Å². The van der Waals surface area contributed by atoms with Crippen LogP contribution in [0.25, 0.3) is 10.9 Å². The van der Waals surface area contributed by atoms with E-state index in [1.54, 1.807) is 30.3 Å². The number of halogens is 1. The van der Waals surface area contributed by atoms with Crippen LogP contribution >= 0.6 is 11.6 Å². The molecule has 0 bridgehead atoms. The van der Waals surface area contributed by atoms with E-state index < -0.39 is 5.97 Å². The summed E-state index contributed by atoms with van der Waals surface area (Å²) < 4.78 is 5.11. The Kier molecular flexibility index (Phi) is 5.30. The predicted octanol–water partition coefficient (Wildman–Crippen LogP) is 3.49. The van der Waals surface area contributed by atoms with Gasteiger partial charge in [0.1, 0.15) is 5.15 Å².